The molecule has 0 N–H and O–H groups in total. The summed E-state index contributed by atoms with van der Waals surface area (Å²) in [6.07, 6.45) is 2.71. The quantitative estimate of drug-likeness (QED) is 0.777. The van der Waals surface area contributed by atoms with Gasteiger partial charge in [0.1, 0.15) is 0 Å². The van der Waals surface area contributed by atoms with Crippen molar-refractivity contribution in [2.45, 2.75) is 45.4 Å². The van der Waals surface area contributed by atoms with Gasteiger partial charge in [0, 0.05) is 22.8 Å². The number of hydrogen-bond acceptors (Lipinski definition) is 3. The number of Topliss-reactive ketones (excluding diaryl/α,β-unsaturated/α-hetero) is 1. The highest BCUT2D eigenvalue weighted by Gasteiger charge is 2.50. The molecule has 0 saturated carbocycles. The van der Waals surface area contributed by atoms with Crippen LogP contribution in [0, 0.1) is 11.8 Å². The molecule has 2 nitrogen and oxygen atoms in total. The fourth-order valence-electron chi connectivity index (χ4n) is 4.75. The molecule has 0 fully saturated rings. The van der Waals surface area contributed by atoms with E-state index in [1.807, 2.05) is 11.6 Å². The SMILES string of the molecule is CC[C@@]1(c2ccccc2)C2=C(Cc3ncsc31)[C@H](C)C[C@@H](C)C2=O. The molecule has 2 aliphatic rings. The molecule has 0 amide bonds. The molecule has 0 radical (unpaired) electrons. The van der Waals surface area contributed by atoms with Crippen molar-refractivity contribution in [3.05, 3.63) is 63.1 Å². The van der Waals surface area contributed by atoms with E-state index >= 15 is 0 Å². The van der Waals surface area contributed by atoms with Gasteiger partial charge in [0.15, 0.2) is 5.78 Å². The predicted octanol–water partition coefficient (Wildman–Crippen LogP) is 4.94. The molecule has 2 aromatic rings. The lowest BCUT2D eigenvalue weighted by Gasteiger charge is -2.44. The Morgan fingerprint density at radius 3 is 2.67 bits per heavy atom. The van der Waals surface area contributed by atoms with Crippen LogP contribution in [0.3, 0.4) is 0 Å². The number of fused-ring (bicyclic) bond motifs is 1. The summed E-state index contributed by atoms with van der Waals surface area (Å²) in [5, 5.41) is 0. The van der Waals surface area contributed by atoms with E-state index in [1.54, 1.807) is 11.3 Å². The maximum atomic E-state index is 13.3. The zero-order valence-electron chi connectivity index (χ0n) is 14.5. The van der Waals surface area contributed by atoms with E-state index in [2.05, 4.69) is 50.0 Å². The lowest BCUT2D eigenvalue weighted by atomic mass is 9.59. The molecule has 4 rings (SSSR count). The van der Waals surface area contributed by atoms with Gasteiger partial charge in [0.25, 0.3) is 0 Å². The molecule has 2 aliphatic carbocycles. The number of thiazole rings is 1. The standard InChI is InChI=1S/C21H23NOS/c1-4-21(15-8-6-5-7-9-15)18-16(11-17-20(21)24-12-22-17)13(2)10-14(3)19(18)23/h5-9,12-14H,4,10-11H2,1-3H3/t13-,14-,21-/m1/s1. The molecule has 0 bridgehead atoms. The fourth-order valence-corrected chi connectivity index (χ4v) is 5.87. The highest BCUT2D eigenvalue weighted by molar-refractivity contribution is 7.10. The van der Waals surface area contributed by atoms with Crippen molar-refractivity contribution in [2.24, 2.45) is 11.8 Å². The van der Waals surface area contributed by atoms with Gasteiger partial charge < -0.3 is 0 Å². The molecule has 0 saturated heterocycles. The van der Waals surface area contributed by atoms with Gasteiger partial charge in [0.2, 0.25) is 0 Å². The number of aromatic nitrogens is 1. The Kier molecular flexibility index (Phi) is 3.72. The zero-order valence-corrected chi connectivity index (χ0v) is 15.3. The summed E-state index contributed by atoms with van der Waals surface area (Å²) in [6.45, 7) is 6.58. The molecule has 3 atom stereocenters. The van der Waals surface area contributed by atoms with E-state index in [0.717, 1.165) is 24.8 Å². The Morgan fingerprint density at radius 2 is 1.96 bits per heavy atom. The number of hydrogen-bond donors (Lipinski definition) is 0. The van der Waals surface area contributed by atoms with Gasteiger partial charge in [-0.2, -0.15) is 0 Å². The van der Waals surface area contributed by atoms with E-state index in [0.29, 0.717) is 11.7 Å². The third-order valence-corrected chi connectivity index (χ3v) is 6.96. The predicted molar refractivity (Wildman–Crippen MR) is 98.3 cm³/mol. The Morgan fingerprint density at radius 1 is 1.21 bits per heavy atom. The number of allylic oxidation sites excluding steroid dienone is 2. The normalized spacial score (nSPS) is 29.4. The van der Waals surface area contributed by atoms with Gasteiger partial charge in [-0.05, 0) is 24.3 Å². The molecule has 24 heavy (non-hydrogen) atoms. The fraction of sp³-hybridized carbons (Fsp3) is 0.429. The zero-order chi connectivity index (χ0) is 16.9. The number of carbonyl (C=O) groups is 1. The average Bonchev–Trinajstić information content (AvgIpc) is 3.07. The monoisotopic (exact) mass is 337 g/mol. The van der Waals surface area contributed by atoms with Crippen LogP contribution in [0.4, 0.5) is 0 Å². The summed E-state index contributed by atoms with van der Waals surface area (Å²) in [4.78, 5) is 19.3. The van der Waals surface area contributed by atoms with Gasteiger partial charge in [-0.3, -0.25) is 4.79 Å². The Bertz CT molecular complexity index is 819. The van der Waals surface area contributed by atoms with Crippen LogP contribution in [0.15, 0.2) is 47.0 Å². The number of benzene rings is 1. The summed E-state index contributed by atoms with van der Waals surface area (Å²) >= 11 is 1.71. The molecular formula is C21H23NOS. The topological polar surface area (TPSA) is 30.0 Å². The minimum absolute atomic E-state index is 0.114. The number of rotatable bonds is 2. The second kappa shape index (κ2) is 5.66. The number of carbonyl (C=O) groups excluding carboxylic acids is 1. The van der Waals surface area contributed by atoms with Gasteiger partial charge in [-0.1, -0.05) is 56.7 Å². The molecule has 1 aromatic heterocycles. The lowest BCUT2D eigenvalue weighted by molar-refractivity contribution is -0.120. The van der Waals surface area contributed by atoms with E-state index in [1.165, 1.54) is 21.7 Å². The van der Waals surface area contributed by atoms with E-state index < -0.39 is 0 Å². The smallest absolute Gasteiger partial charge is 0.162 e. The van der Waals surface area contributed by atoms with E-state index in [4.69, 9.17) is 0 Å². The maximum Gasteiger partial charge on any atom is 0.162 e. The van der Waals surface area contributed by atoms with Crippen molar-refractivity contribution in [2.75, 3.05) is 0 Å². The minimum atomic E-state index is -0.314. The van der Waals surface area contributed by atoms with E-state index in [9.17, 15) is 4.79 Å². The Labute approximate surface area is 147 Å². The maximum absolute atomic E-state index is 13.3. The Hall–Kier alpha value is -1.74. The first-order chi connectivity index (χ1) is 11.6. The number of ketones is 1. The molecule has 0 aliphatic heterocycles. The van der Waals surface area contributed by atoms with Crippen molar-refractivity contribution < 1.29 is 4.79 Å². The van der Waals surface area contributed by atoms with Crippen LogP contribution in [-0.4, -0.2) is 10.8 Å². The average molecular weight is 337 g/mol. The van der Waals surface area contributed by atoms with Crippen molar-refractivity contribution in [3.8, 4) is 0 Å². The summed E-state index contributed by atoms with van der Waals surface area (Å²) in [7, 11) is 0. The summed E-state index contributed by atoms with van der Waals surface area (Å²) in [5.74, 6) is 0.924. The van der Waals surface area contributed by atoms with Crippen molar-refractivity contribution in [1.82, 2.24) is 4.98 Å². The van der Waals surface area contributed by atoms with Crippen LogP contribution in [-0.2, 0) is 16.6 Å². The van der Waals surface area contributed by atoms with Crippen molar-refractivity contribution in [1.29, 1.82) is 0 Å². The van der Waals surface area contributed by atoms with Crippen molar-refractivity contribution in [3.63, 3.8) is 0 Å². The second-order valence-electron chi connectivity index (χ2n) is 7.23. The summed E-state index contributed by atoms with van der Waals surface area (Å²) in [5.41, 5.74) is 6.47. The van der Waals surface area contributed by atoms with Crippen LogP contribution < -0.4 is 0 Å². The largest absolute Gasteiger partial charge is 0.294 e. The number of nitrogens with zero attached hydrogens (tertiary/aromatic N) is 1. The third kappa shape index (κ3) is 2.00. The van der Waals surface area contributed by atoms with Gasteiger partial charge in [-0.15, -0.1) is 11.3 Å². The van der Waals surface area contributed by atoms with Crippen LogP contribution in [0.1, 0.15) is 49.7 Å². The summed E-state index contributed by atoms with van der Waals surface area (Å²) < 4.78 is 0. The second-order valence-corrected chi connectivity index (χ2v) is 8.09. The van der Waals surface area contributed by atoms with Crippen LogP contribution in [0.2, 0.25) is 0 Å². The Balaban J connectivity index is 2.07. The molecule has 1 aromatic carbocycles. The molecular weight excluding hydrogens is 314 g/mol. The van der Waals surface area contributed by atoms with Crippen LogP contribution in [0.25, 0.3) is 0 Å². The first kappa shape index (κ1) is 15.8. The molecule has 0 spiro atoms. The first-order valence-corrected chi connectivity index (χ1v) is 9.73. The molecule has 0 unspecified atom stereocenters. The van der Waals surface area contributed by atoms with Gasteiger partial charge in [-0.25, -0.2) is 4.98 Å². The highest BCUT2D eigenvalue weighted by atomic mass is 32.1. The van der Waals surface area contributed by atoms with Crippen molar-refractivity contribution >= 4 is 17.1 Å². The van der Waals surface area contributed by atoms with Crippen LogP contribution in [0.5, 0.6) is 0 Å². The molecule has 124 valence electrons. The van der Waals surface area contributed by atoms with E-state index in [-0.39, 0.29) is 11.3 Å². The minimum Gasteiger partial charge on any atom is -0.294 e. The van der Waals surface area contributed by atoms with Gasteiger partial charge >= 0.3 is 0 Å². The molecule has 3 heteroatoms. The lowest BCUT2D eigenvalue weighted by Crippen LogP contribution is -2.42. The van der Waals surface area contributed by atoms with Crippen LogP contribution >= 0.6 is 11.3 Å². The summed E-state index contributed by atoms with van der Waals surface area (Å²) in [6, 6.07) is 10.6. The molecule has 1 heterocycles. The highest BCUT2D eigenvalue weighted by Crippen LogP contribution is 2.54. The third-order valence-electron chi connectivity index (χ3n) is 5.93. The first-order valence-electron chi connectivity index (χ1n) is 8.85. The van der Waals surface area contributed by atoms with Gasteiger partial charge in [0.05, 0.1) is 16.6 Å².